The third-order valence-electron chi connectivity index (χ3n) is 5.46. The number of hydrogen-bond acceptors (Lipinski definition) is 7. The van der Waals surface area contributed by atoms with Gasteiger partial charge >= 0.3 is 0 Å². The van der Waals surface area contributed by atoms with Crippen molar-refractivity contribution in [2.75, 3.05) is 11.5 Å². The molecule has 0 aliphatic rings. The Morgan fingerprint density at radius 3 is 1.77 bits per heavy atom. The van der Waals surface area contributed by atoms with Gasteiger partial charge in [0.05, 0.1) is 28.3 Å². The monoisotopic (exact) mass is 698 g/mol. The molecule has 5 N–H and O–H groups in total. The van der Waals surface area contributed by atoms with Gasteiger partial charge in [-0.15, -0.1) is 0 Å². The fourth-order valence-electron chi connectivity index (χ4n) is 3.92. The van der Waals surface area contributed by atoms with E-state index in [1.54, 1.807) is 0 Å². The summed E-state index contributed by atoms with van der Waals surface area (Å²) < 4.78 is 12.4. The molecule has 0 unspecified atom stereocenters. The number of H-pyrrole nitrogens is 1. The first kappa shape index (κ1) is 27.0. The fourth-order valence-corrected chi connectivity index (χ4v) is 5.31. The summed E-state index contributed by atoms with van der Waals surface area (Å²) in [5, 5.41) is 7.93. The van der Waals surface area contributed by atoms with E-state index < -0.39 is 0 Å². The molecule has 184 valence electrons. The molecule has 0 aliphatic carbocycles. The zero-order chi connectivity index (χ0) is 24.7. The first-order valence-corrected chi connectivity index (χ1v) is 12.6. The van der Waals surface area contributed by atoms with E-state index in [1.807, 2.05) is 46.8 Å². The van der Waals surface area contributed by atoms with Crippen molar-refractivity contribution in [3.8, 4) is 22.3 Å². The quantitative estimate of drug-likeness (QED) is 0.132. The van der Waals surface area contributed by atoms with Crippen LogP contribution in [0.3, 0.4) is 0 Å². The Morgan fingerprint density at radius 2 is 1.29 bits per heavy atom. The number of fused-ring (bicyclic) bond motifs is 1. The Hall–Kier alpha value is -2.61. The third-order valence-corrected chi connectivity index (χ3v) is 7.18. The number of aromatic amines is 1. The molecule has 3 aromatic heterocycles. The average Bonchev–Trinajstić information content (AvgIpc) is 3.42. The topological polar surface area (TPSA) is 133 Å². The SMILES string of the molecule is C.Cc1nc2c(I)cc(-c3c(C)noc3C)cc2[nH]1.Cc1noc(C)c1-c1cc(N)c(N)c(I)c1. The highest BCUT2D eigenvalue weighted by Crippen LogP contribution is 2.34. The van der Waals surface area contributed by atoms with Crippen LogP contribution in [0.1, 0.15) is 36.2 Å². The van der Waals surface area contributed by atoms with E-state index in [-0.39, 0.29) is 7.43 Å². The van der Waals surface area contributed by atoms with Gasteiger partial charge in [-0.05, 0) is 115 Å². The molecule has 8 nitrogen and oxygen atoms in total. The van der Waals surface area contributed by atoms with Crippen LogP contribution in [0.15, 0.2) is 33.3 Å². The third kappa shape index (κ3) is 5.32. The molecule has 0 fully saturated rings. The maximum atomic E-state index is 5.85. The van der Waals surface area contributed by atoms with E-state index in [0.29, 0.717) is 11.4 Å². The summed E-state index contributed by atoms with van der Waals surface area (Å²) in [6.45, 7) is 9.65. The van der Waals surface area contributed by atoms with Gasteiger partial charge in [-0.1, -0.05) is 17.7 Å². The number of imidazole rings is 1. The number of benzene rings is 2. The lowest BCUT2D eigenvalue weighted by molar-refractivity contribution is 0.393. The van der Waals surface area contributed by atoms with E-state index in [4.69, 9.17) is 20.5 Å². The van der Waals surface area contributed by atoms with Gasteiger partial charge in [0.1, 0.15) is 22.9 Å². The maximum absolute atomic E-state index is 5.85. The largest absolute Gasteiger partial charge is 0.397 e. The molecule has 3 heterocycles. The van der Waals surface area contributed by atoms with Crippen LogP contribution in [-0.4, -0.2) is 20.3 Å². The summed E-state index contributed by atoms with van der Waals surface area (Å²) in [4.78, 5) is 7.75. The molecule has 0 saturated carbocycles. The number of rotatable bonds is 2. The Balaban J connectivity index is 0.000000192. The summed E-state index contributed by atoms with van der Waals surface area (Å²) in [7, 11) is 0. The maximum Gasteiger partial charge on any atom is 0.141 e. The van der Waals surface area contributed by atoms with E-state index in [0.717, 1.165) is 69.2 Å². The number of nitrogens with one attached hydrogen (secondary N) is 1. The number of hydrogen-bond donors (Lipinski definition) is 3. The molecule has 0 atom stereocenters. The minimum atomic E-state index is 0. The van der Waals surface area contributed by atoms with Crippen molar-refractivity contribution >= 4 is 67.6 Å². The number of nitrogens with two attached hydrogens (primary N) is 2. The number of nitrogens with zero attached hydrogens (tertiary/aromatic N) is 3. The van der Waals surface area contributed by atoms with Gasteiger partial charge in [0, 0.05) is 18.3 Å². The standard InChI is InChI=1S/C13H12IN3O.C11H12IN3O.CH4/c1-6-12(7(2)18-17-6)9-4-10(14)13-11(5-9)15-8(3)16-13;1-5-10(6(2)16-15-5)7-3-8(12)11(14)9(13)4-7;/h4-5H,1-3H3,(H,15,16);3-4H,13-14H2,1-2H3;1H4. The highest BCUT2D eigenvalue weighted by molar-refractivity contribution is 14.1. The van der Waals surface area contributed by atoms with Crippen molar-refractivity contribution in [3.05, 3.63) is 60.1 Å². The highest BCUT2D eigenvalue weighted by Gasteiger charge is 2.15. The predicted octanol–water partition coefficient (Wildman–Crippen LogP) is 7.11. The second-order valence-corrected chi connectivity index (χ2v) is 10.4. The molecule has 0 saturated heterocycles. The molecule has 0 spiro atoms. The number of anilines is 2. The summed E-state index contributed by atoms with van der Waals surface area (Å²) in [6.07, 6.45) is 0. The number of aromatic nitrogens is 4. The van der Waals surface area contributed by atoms with Crippen molar-refractivity contribution in [2.24, 2.45) is 0 Å². The van der Waals surface area contributed by atoms with Gasteiger partial charge < -0.3 is 25.5 Å². The predicted molar refractivity (Wildman–Crippen MR) is 158 cm³/mol. The smallest absolute Gasteiger partial charge is 0.141 e. The molecular weight excluding hydrogens is 670 g/mol. The zero-order valence-electron chi connectivity index (χ0n) is 19.4. The second-order valence-electron chi connectivity index (χ2n) is 8.04. The Bertz CT molecular complexity index is 1450. The van der Waals surface area contributed by atoms with Gasteiger partial charge in [-0.2, -0.15) is 0 Å². The Kier molecular flexibility index (Phi) is 8.14. The van der Waals surface area contributed by atoms with Gasteiger partial charge in [-0.3, -0.25) is 0 Å². The summed E-state index contributed by atoms with van der Waals surface area (Å²) >= 11 is 4.48. The van der Waals surface area contributed by atoms with Crippen molar-refractivity contribution in [3.63, 3.8) is 0 Å². The molecule has 2 aromatic carbocycles. The lowest BCUT2D eigenvalue weighted by Crippen LogP contribution is -1.98. The zero-order valence-corrected chi connectivity index (χ0v) is 23.7. The van der Waals surface area contributed by atoms with E-state index in [1.165, 1.54) is 0 Å². The highest BCUT2D eigenvalue weighted by atomic mass is 127. The van der Waals surface area contributed by atoms with Crippen LogP contribution in [0, 0.1) is 41.8 Å². The van der Waals surface area contributed by atoms with Crippen LogP contribution < -0.4 is 11.5 Å². The summed E-state index contributed by atoms with van der Waals surface area (Å²) in [6, 6.07) is 8.06. The van der Waals surface area contributed by atoms with Crippen LogP contribution in [-0.2, 0) is 0 Å². The van der Waals surface area contributed by atoms with Crippen LogP contribution in [0.4, 0.5) is 11.4 Å². The lowest BCUT2D eigenvalue weighted by Gasteiger charge is -2.07. The average molecular weight is 698 g/mol. The van der Waals surface area contributed by atoms with E-state index >= 15 is 0 Å². The second kappa shape index (κ2) is 10.6. The summed E-state index contributed by atoms with van der Waals surface area (Å²) in [5.74, 6) is 2.56. The minimum Gasteiger partial charge on any atom is -0.397 e. The molecule has 10 heteroatoms. The van der Waals surface area contributed by atoms with E-state index in [9.17, 15) is 0 Å². The van der Waals surface area contributed by atoms with Gasteiger partial charge in [-0.25, -0.2) is 4.98 Å². The van der Waals surface area contributed by atoms with Crippen LogP contribution >= 0.6 is 45.2 Å². The lowest BCUT2D eigenvalue weighted by atomic mass is 10.0. The number of aryl methyl sites for hydroxylation is 5. The first-order chi connectivity index (χ1) is 16.1. The number of nitrogen functional groups attached to an aromatic ring is 2. The Morgan fingerprint density at radius 1 is 0.771 bits per heavy atom. The van der Waals surface area contributed by atoms with Gasteiger partial charge in [0.25, 0.3) is 0 Å². The van der Waals surface area contributed by atoms with Gasteiger partial charge in [0.2, 0.25) is 0 Å². The molecule has 0 aliphatic heterocycles. The van der Waals surface area contributed by atoms with Crippen molar-refractivity contribution in [1.29, 1.82) is 0 Å². The van der Waals surface area contributed by atoms with Crippen molar-refractivity contribution < 1.29 is 9.05 Å². The molecule has 5 aromatic rings. The van der Waals surface area contributed by atoms with Gasteiger partial charge in [0.15, 0.2) is 0 Å². The van der Waals surface area contributed by atoms with Crippen LogP contribution in [0.25, 0.3) is 33.3 Å². The molecule has 5 rings (SSSR count). The minimum absolute atomic E-state index is 0. The van der Waals surface area contributed by atoms with Crippen molar-refractivity contribution in [2.45, 2.75) is 42.0 Å². The number of halogens is 2. The molecule has 0 amide bonds. The fraction of sp³-hybridized carbons (Fsp3) is 0.240. The van der Waals surface area contributed by atoms with Crippen LogP contribution in [0.2, 0.25) is 0 Å². The first-order valence-electron chi connectivity index (χ1n) is 10.4. The van der Waals surface area contributed by atoms with E-state index in [2.05, 4.69) is 77.6 Å². The molecule has 0 bridgehead atoms. The van der Waals surface area contributed by atoms with Crippen LogP contribution in [0.5, 0.6) is 0 Å². The summed E-state index contributed by atoms with van der Waals surface area (Å²) in [5.41, 5.74) is 20.9. The van der Waals surface area contributed by atoms with Crippen molar-refractivity contribution in [1.82, 2.24) is 20.3 Å². The normalized spacial score (nSPS) is 10.7. The molecule has 0 radical (unpaired) electrons. The molecule has 35 heavy (non-hydrogen) atoms. The molecular formula is C25H28I2N6O2. The Labute approximate surface area is 231 Å².